The van der Waals surface area contributed by atoms with Gasteiger partial charge in [-0.2, -0.15) is 5.10 Å². The van der Waals surface area contributed by atoms with E-state index in [0.717, 1.165) is 22.6 Å². The molecule has 0 unspecified atom stereocenters. The third kappa shape index (κ3) is 2.42. The highest BCUT2D eigenvalue weighted by Crippen LogP contribution is 2.25. The zero-order valence-electron chi connectivity index (χ0n) is 11.4. The van der Waals surface area contributed by atoms with Crippen LogP contribution in [0.3, 0.4) is 0 Å². The van der Waals surface area contributed by atoms with Gasteiger partial charge >= 0.3 is 0 Å². The molecule has 0 saturated heterocycles. The summed E-state index contributed by atoms with van der Waals surface area (Å²) in [6.07, 6.45) is 4.37. The van der Waals surface area contributed by atoms with Gasteiger partial charge in [-0.15, -0.1) is 0 Å². The van der Waals surface area contributed by atoms with Crippen LogP contribution in [0.5, 0.6) is 5.75 Å². The standard InChI is InChI=1S/C15H15N3O2/c1-10-15(12-3-5-13(19)6-4-12)17-14(20-10)7-11-8-16-18(2)9-11/h3-6,8-9,19H,7H2,1-2H3. The highest BCUT2D eigenvalue weighted by atomic mass is 16.4. The van der Waals surface area contributed by atoms with Crippen LogP contribution in [0.15, 0.2) is 41.1 Å². The summed E-state index contributed by atoms with van der Waals surface area (Å²) in [4.78, 5) is 4.53. The van der Waals surface area contributed by atoms with E-state index in [1.165, 1.54) is 0 Å². The predicted octanol–water partition coefficient (Wildman–Crippen LogP) is 2.68. The molecule has 0 aliphatic heterocycles. The van der Waals surface area contributed by atoms with Crippen molar-refractivity contribution in [2.75, 3.05) is 0 Å². The lowest BCUT2D eigenvalue weighted by Crippen LogP contribution is -1.87. The summed E-state index contributed by atoms with van der Waals surface area (Å²) in [7, 11) is 1.88. The van der Waals surface area contributed by atoms with Crippen molar-refractivity contribution in [1.82, 2.24) is 14.8 Å². The minimum atomic E-state index is 0.241. The van der Waals surface area contributed by atoms with Crippen LogP contribution in [-0.2, 0) is 13.5 Å². The minimum absolute atomic E-state index is 0.241. The van der Waals surface area contributed by atoms with Gasteiger partial charge in [0.05, 0.1) is 12.6 Å². The molecule has 2 aromatic heterocycles. The van der Waals surface area contributed by atoms with Crippen molar-refractivity contribution < 1.29 is 9.52 Å². The van der Waals surface area contributed by atoms with Crippen LogP contribution in [0.2, 0.25) is 0 Å². The van der Waals surface area contributed by atoms with Gasteiger partial charge in [-0.1, -0.05) is 0 Å². The maximum Gasteiger partial charge on any atom is 0.199 e. The van der Waals surface area contributed by atoms with Gasteiger partial charge in [-0.25, -0.2) is 4.98 Å². The van der Waals surface area contributed by atoms with Crippen LogP contribution in [-0.4, -0.2) is 19.9 Å². The Morgan fingerprint density at radius 2 is 2.00 bits per heavy atom. The zero-order chi connectivity index (χ0) is 14.1. The summed E-state index contributed by atoms with van der Waals surface area (Å²) in [5.41, 5.74) is 2.80. The van der Waals surface area contributed by atoms with Gasteiger partial charge in [0.15, 0.2) is 5.89 Å². The second kappa shape index (κ2) is 4.85. The Labute approximate surface area is 116 Å². The first kappa shape index (κ1) is 12.5. The lowest BCUT2D eigenvalue weighted by Gasteiger charge is -1.97. The summed E-state index contributed by atoms with van der Waals surface area (Å²) >= 11 is 0. The van der Waals surface area contributed by atoms with Crippen LogP contribution in [0, 0.1) is 6.92 Å². The molecule has 3 rings (SSSR count). The largest absolute Gasteiger partial charge is 0.508 e. The average Bonchev–Trinajstić information content (AvgIpc) is 2.97. The Morgan fingerprint density at radius 3 is 2.65 bits per heavy atom. The van der Waals surface area contributed by atoms with Crippen LogP contribution in [0.1, 0.15) is 17.2 Å². The van der Waals surface area contributed by atoms with E-state index in [4.69, 9.17) is 4.42 Å². The SMILES string of the molecule is Cc1oc(Cc2cnn(C)c2)nc1-c1ccc(O)cc1. The Balaban J connectivity index is 1.89. The van der Waals surface area contributed by atoms with Crippen LogP contribution >= 0.6 is 0 Å². The van der Waals surface area contributed by atoms with Crippen molar-refractivity contribution >= 4 is 0 Å². The quantitative estimate of drug-likeness (QED) is 0.794. The van der Waals surface area contributed by atoms with Crippen molar-refractivity contribution in [2.45, 2.75) is 13.3 Å². The normalized spacial score (nSPS) is 10.9. The van der Waals surface area contributed by atoms with E-state index >= 15 is 0 Å². The van der Waals surface area contributed by atoms with Gasteiger partial charge in [0.2, 0.25) is 0 Å². The molecule has 2 heterocycles. The van der Waals surface area contributed by atoms with Gasteiger partial charge < -0.3 is 9.52 Å². The van der Waals surface area contributed by atoms with Crippen molar-refractivity contribution in [3.8, 4) is 17.0 Å². The third-order valence-corrected chi connectivity index (χ3v) is 3.10. The molecule has 0 atom stereocenters. The first-order valence-electron chi connectivity index (χ1n) is 6.35. The van der Waals surface area contributed by atoms with Gasteiger partial charge in [-0.05, 0) is 36.8 Å². The Kier molecular flexibility index (Phi) is 3.02. The Bertz CT molecular complexity index is 726. The number of hydrogen-bond donors (Lipinski definition) is 1. The molecule has 0 aliphatic carbocycles. The molecule has 5 heteroatoms. The second-order valence-corrected chi connectivity index (χ2v) is 4.76. The molecular weight excluding hydrogens is 254 g/mol. The van der Waals surface area contributed by atoms with Crippen LogP contribution < -0.4 is 0 Å². The maximum absolute atomic E-state index is 9.32. The molecule has 0 aliphatic rings. The number of rotatable bonds is 3. The monoisotopic (exact) mass is 269 g/mol. The number of aromatic nitrogens is 3. The Morgan fingerprint density at radius 1 is 1.25 bits per heavy atom. The lowest BCUT2D eigenvalue weighted by atomic mass is 10.1. The molecule has 0 spiro atoms. The average molecular weight is 269 g/mol. The van der Waals surface area contributed by atoms with Crippen molar-refractivity contribution in [3.63, 3.8) is 0 Å². The number of phenols is 1. The fourth-order valence-electron chi connectivity index (χ4n) is 2.15. The van der Waals surface area contributed by atoms with E-state index < -0.39 is 0 Å². The van der Waals surface area contributed by atoms with Gasteiger partial charge in [-0.3, -0.25) is 4.68 Å². The second-order valence-electron chi connectivity index (χ2n) is 4.76. The molecule has 1 aromatic carbocycles. The molecule has 0 radical (unpaired) electrons. The summed E-state index contributed by atoms with van der Waals surface area (Å²) in [5, 5.41) is 13.5. The number of benzene rings is 1. The summed E-state index contributed by atoms with van der Waals surface area (Å²) in [6, 6.07) is 6.94. The number of hydrogen-bond acceptors (Lipinski definition) is 4. The van der Waals surface area contributed by atoms with Crippen LogP contribution in [0.4, 0.5) is 0 Å². The smallest absolute Gasteiger partial charge is 0.199 e. The predicted molar refractivity (Wildman–Crippen MR) is 74.4 cm³/mol. The molecule has 20 heavy (non-hydrogen) atoms. The topological polar surface area (TPSA) is 64.1 Å². The van der Waals surface area contributed by atoms with Gasteiger partial charge in [0.1, 0.15) is 17.2 Å². The molecule has 0 fully saturated rings. The van der Waals surface area contributed by atoms with Crippen LogP contribution in [0.25, 0.3) is 11.3 Å². The van der Waals surface area contributed by atoms with Gasteiger partial charge in [0.25, 0.3) is 0 Å². The lowest BCUT2D eigenvalue weighted by molar-refractivity contribution is 0.475. The Hall–Kier alpha value is -2.56. The summed E-state index contributed by atoms with van der Waals surface area (Å²) in [6.45, 7) is 1.89. The first-order valence-corrected chi connectivity index (χ1v) is 6.35. The molecule has 0 saturated carbocycles. The molecule has 5 nitrogen and oxygen atoms in total. The summed E-state index contributed by atoms with van der Waals surface area (Å²) < 4.78 is 7.46. The molecule has 0 bridgehead atoms. The fraction of sp³-hybridized carbons (Fsp3) is 0.200. The van der Waals surface area contributed by atoms with Crippen molar-refractivity contribution in [3.05, 3.63) is 53.9 Å². The number of aryl methyl sites for hydroxylation is 2. The van der Waals surface area contributed by atoms with E-state index in [-0.39, 0.29) is 5.75 Å². The van der Waals surface area contributed by atoms with E-state index in [1.807, 2.05) is 32.3 Å². The van der Waals surface area contributed by atoms with Gasteiger partial charge in [0, 0.05) is 18.8 Å². The van der Waals surface area contributed by atoms with E-state index in [9.17, 15) is 5.11 Å². The van der Waals surface area contributed by atoms with E-state index in [2.05, 4.69) is 10.1 Å². The fourth-order valence-corrected chi connectivity index (χ4v) is 2.15. The maximum atomic E-state index is 9.32. The highest BCUT2D eigenvalue weighted by molar-refractivity contribution is 5.61. The summed E-state index contributed by atoms with van der Waals surface area (Å²) in [5.74, 6) is 1.68. The number of oxazole rings is 1. The number of aromatic hydroxyl groups is 1. The zero-order valence-corrected chi connectivity index (χ0v) is 11.4. The molecule has 3 aromatic rings. The molecule has 102 valence electrons. The van der Waals surface area contributed by atoms with E-state index in [1.54, 1.807) is 23.0 Å². The first-order chi connectivity index (χ1) is 9.61. The molecule has 0 amide bonds. The van der Waals surface area contributed by atoms with E-state index in [0.29, 0.717) is 12.3 Å². The van der Waals surface area contributed by atoms with Crippen molar-refractivity contribution in [1.29, 1.82) is 0 Å². The third-order valence-electron chi connectivity index (χ3n) is 3.10. The molecular formula is C15H15N3O2. The highest BCUT2D eigenvalue weighted by Gasteiger charge is 2.12. The molecule has 1 N–H and O–H groups in total. The number of phenolic OH excluding ortho intramolecular Hbond substituents is 1. The number of nitrogens with zero attached hydrogens (tertiary/aromatic N) is 3. The van der Waals surface area contributed by atoms with Crippen molar-refractivity contribution in [2.24, 2.45) is 7.05 Å². The minimum Gasteiger partial charge on any atom is -0.508 e.